The van der Waals surface area contributed by atoms with E-state index in [1.165, 1.54) is 12.1 Å². The minimum absolute atomic E-state index is 0.189. The first-order chi connectivity index (χ1) is 15.4. The van der Waals surface area contributed by atoms with E-state index >= 15 is 0 Å². The van der Waals surface area contributed by atoms with Crippen LogP contribution < -0.4 is 9.46 Å². The van der Waals surface area contributed by atoms with E-state index in [0.717, 1.165) is 30.5 Å². The zero-order valence-corrected chi connectivity index (χ0v) is 19.7. The van der Waals surface area contributed by atoms with Gasteiger partial charge in [0.2, 0.25) is 0 Å². The average Bonchev–Trinajstić information content (AvgIpc) is 2.80. The van der Waals surface area contributed by atoms with Gasteiger partial charge in [0.05, 0.1) is 23.3 Å². The predicted octanol–water partition coefficient (Wildman–Crippen LogP) is 4.39. The lowest BCUT2D eigenvalue weighted by atomic mass is 10.2. The minimum Gasteiger partial charge on any atom is -0.491 e. The summed E-state index contributed by atoms with van der Waals surface area (Å²) in [5.41, 5.74) is 1.19. The third-order valence-corrected chi connectivity index (χ3v) is 5.70. The number of nitrogens with zero attached hydrogens (tertiary/aromatic N) is 1. The molecular weight excluding hydrogens is 428 g/mol. The van der Waals surface area contributed by atoms with E-state index < -0.39 is 16.0 Å². The number of anilines is 1. The zero-order chi connectivity index (χ0) is 23.4. The molecular formula is C24H32N2O5S. The van der Waals surface area contributed by atoms with Crippen LogP contribution >= 0.6 is 0 Å². The average molecular weight is 461 g/mol. The Bertz CT molecular complexity index is 987. The molecule has 32 heavy (non-hydrogen) atoms. The van der Waals surface area contributed by atoms with Gasteiger partial charge in [0.25, 0.3) is 10.0 Å². The van der Waals surface area contributed by atoms with Crippen molar-refractivity contribution in [2.75, 3.05) is 37.6 Å². The molecule has 1 N–H and O–H groups in total. The van der Waals surface area contributed by atoms with Crippen LogP contribution in [0.3, 0.4) is 0 Å². The van der Waals surface area contributed by atoms with Crippen LogP contribution in [-0.2, 0) is 14.8 Å². The number of likely N-dealkylation sites (N-methyl/N-ethyl adjacent to an activating group) is 1. The molecule has 0 saturated heterocycles. The summed E-state index contributed by atoms with van der Waals surface area (Å²) in [5, 5.41) is 1.08. The van der Waals surface area contributed by atoms with E-state index in [0.29, 0.717) is 18.9 Å². The number of carbonyl (C=O) groups excluding carboxylic acids is 1. The van der Waals surface area contributed by atoms with Gasteiger partial charge in [0.15, 0.2) is 0 Å². The van der Waals surface area contributed by atoms with E-state index in [1.54, 1.807) is 24.3 Å². The Hall–Kier alpha value is -2.84. The van der Waals surface area contributed by atoms with Crippen molar-refractivity contribution in [3.05, 3.63) is 65.1 Å². The summed E-state index contributed by atoms with van der Waals surface area (Å²) < 4.78 is 38.8. The van der Waals surface area contributed by atoms with Gasteiger partial charge >= 0.3 is 5.97 Å². The normalized spacial score (nSPS) is 11.6. The molecule has 0 spiro atoms. The number of rotatable bonds is 13. The highest BCUT2D eigenvalue weighted by Gasteiger charge is 2.16. The maximum atomic E-state index is 12.6. The van der Waals surface area contributed by atoms with Gasteiger partial charge in [0.1, 0.15) is 12.4 Å². The molecule has 0 aromatic heterocycles. The highest BCUT2D eigenvalue weighted by molar-refractivity contribution is 7.95. The number of carbonyl (C=O) groups is 1. The van der Waals surface area contributed by atoms with Crippen LogP contribution in [0.25, 0.3) is 6.08 Å². The number of nitrogens with one attached hydrogen (secondary N) is 1. The molecule has 7 nitrogen and oxygen atoms in total. The second-order valence-electron chi connectivity index (χ2n) is 7.08. The Labute approximate surface area is 191 Å². The van der Waals surface area contributed by atoms with Gasteiger partial charge < -0.3 is 14.4 Å². The van der Waals surface area contributed by atoms with Crippen molar-refractivity contribution in [2.24, 2.45) is 0 Å². The maximum absolute atomic E-state index is 12.6. The second-order valence-corrected chi connectivity index (χ2v) is 8.65. The van der Waals surface area contributed by atoms with Crippen LogP contribution in [0.5, 0.6) is 5.75 Å². The SMILES string of the molecule is CCCOc1ccc(C(=O)OCCN(CC)CC)cc1NS(=O)(=O)/C=C/c1ccccc1. The van der Waals surface area contributed by atoms with Crippen molar-refractivity contribution in [1.29, 1.82) is 0 Å². The fraction of sp³-hybridized carbons (Fsp3) is 0.375. The van der Waals surface area contributed by atoms with Gasteiger partial charge in [-0.3, -0.25) is 4.72 Å². The lowest BCUT2D eigenvalue weighted by Crippen LogP contribution is -2.27. The van der Waals surface area contributed by atoms with Crippen LogP contribution in [0.15, 0.2) is 53.9 Å². The number of hydrogen-bond donors (Lipinski definition) is 1. The van der Waals surface area contributed by atoms with Crippen molar-refractivity contribution >= 4 is 27.8 Å². The Morgan fingerprint density at radius 2 is 1.75 bits per heavy atom. The molecule has 0 aliphatic rings. The standard InChI is InChI=1S/C24H32N2O5S/c1-4-16-30-23-13-12-21(24(27)31-17-15-26(5-2)6-3)19-22(23)25-32(28,29)18-14-20-10-8-7-9-11-20/h7-14,18-19,25H,4-6,15-17H2,1-3H3/b18-14+. The van der Waals surface area contributed by atoms with E-state index in [-0.39, 0.29) is 17.9 Å². The van der Waals surface area contributed by atoms with Crippen LogP contribution in [0.2, 0.25) is 0 Å². The fourth-order valence-electron chi connectivity index (χ4n) is 2.88. The van der Waals surface area contributed by atoms with Crippen molar-refractivity contribution in [3.63, 3.8) is 0 Å². The van der Waals surface area contributed by atoms with E-state index in [4.69, 9.17) is 9.47 Å². The van der Waals surface area contributed by atoms with E-state index in [1.807, 2.05) is 39.0 Å². The van der Waals surface area contributed by atoms with Crippen LogP contribution in [0.4, 0.5) is 5.69 Å². The number of sulfonamides is 1. The molecule has 0 heterocycles. The third-order valence-electron chi connectivity index (χ3n) is 4.70. The largest absolute Gasteiger partial charge is 0.491 e. The van der Waals surface area contributed by atoms with Gasteiger partial charge in [-0.1, -0.05) is 51.1 Å². The van der Waals surface area contributed by atoms with Gasteiger partial charge in [0, 0.05) is 6.54 Å². The molecule has 8 heteroatoms. The molecule has 2 aromatic carbocycles. The summed E-state index contributed by atoms with van der Waals surface area (Å²) in [7, 11) is -3.83. The molecule has 0 aliphatic heterocycles. The highest BCUT2D eigenvalue weighted by Crippen LogP contribution is 2.28. The predicted molar refractivity (Wildman–Crippen MR) is 128 cm³/mol. The molecule has 0 amide bonds. The number of hydrogen-bond acceptors (Lipinski definition) is 6. The Kier molecular flexibility index (Phi) is 10.2. The van der Waals surface area contributed by atoms with Crippen molar-refractivity contribution in [3.8, 4) is 5.75 Å². The molecule has 0 bridgehead atoms. The van der Waals surface area contributed by atoms with Crippen LogP contribution in [0.1, 0.15) is 43.1 Å². The molecule has 174 valence electrons. The topological polar surface area (TPSA) is 84.9 Å². The number of ether oxygens (including phenoxy) is 2. The minimum atomic E-state index is -3.83. The smallest absolute Gasteiger partial charge is 0.338 e. The maximum Gasteiger partial charge on any atom is 0.338 e. The first-order valence-corrected chi connectivity index (χ1v) is 12.3. The van der Waals surface area contributed by atoms with Crippen LogP contribution in [0, 0.1) is 0 Å². The first-order valence-electron chi connectivity index (χ1n) is 10.8. The van der Waals surface area contributed by atoms with Gasteiger partial charge in [-0.15, -0.1) is 0 Å². The lowest BCUT2D eigenvalue weighted by molar-refractivity contribution is 0.0466. The quantitative estimate of drug-likeness (QED) is 0.447. The van der Waals surface area contributed by atoms with Crippen molar-refractivity contribution in [2.45, 2.75) is 27.2 Å². The molecule has 0 aliphatic carbocycles. The number of esters is 1. The molecule has 0 saturated carbocycles. The monoisotopic (exact) mass is 460 g/mol. The first kappa shape index (κ1) is 25.4. The van der Waals surface area contributed by atoms with E-state index in [9.17, 15) is 13.2 Å². The second kappa shape index (κ2) is 12.9. The molecule has 0 atom stereocenters. The lowest BCUT2D eigenvalue weighted by Gasteiger charge is -2.18. The summed E-state index contributed by atoms with van der Waals surface area (Å²) in [5.74, 6) is -0.164. The molecule has 0 radical (unpaired) electrons. The fourth-order valence-corrected chi connectivity index (χ4v) is 3.76. The highest BCUT2D eigenvalue weighted by atomic mass is 32.2. The summed E-state index contributed by atoms with van der Waals surface area (Å²) in [4.78, 5) is 14.6. The Morgan fingerprint density at radius 3 is 2.41 bits per heavy atom. The van der Waals surface area contributed by atoms with Gasteiger partial charge in [-0.25, -0.2) is 13.2 Å². The molecule has 0 unspecified atom stereocenters. The third kappa shape index (κ3) is 8.36. The Morgan fingerprint density at radius 1 is 1.03 bits per heavy atom. The van der Waals surface area contributed by atoms with E-state index in [2.05, 4.69) is 9.62 Å². The molecule has 0 fully saturated rings. The summed E-state index contributed by atoms with van der Waals surface area (Å²) >= 11 is 0. The summed E-state index contributed by atoms with van der Waals surface area (Å²) in [6.45, 7) is 9.11. The van der Waals surface area contributed by atoms with Crippen molar-refractivity contribution < 1.29 is 22.7 Å². The molecule has 2 aromatic rings. The van der Waals surface area contributed by atoms with Gasteiger partial charge in [-0.2, -0.15) is 0 Å². The summed E-state index contributed by atoms with van der Waals surface area (Å²) in [6.07, 6.45) is 2.26. The van der Waals surface area contributed by atoms with Crippen molar-refractivity contribution in [1.82, 2.24) is 4.90 Å². The Balaban J connectivity index is 2.17. The van der Waals surface area contributed by atoms with Crippen LogP contribution in [-0.4, -0.2) is 52.1 Å². The molecule has 2 rings (SSSR count). The van der Waals surface area contributed by atoms with Gasteiger partial charge in [-0.05, 0) is 49.3 Å². The number of benzene rings is 2. The summed E-state index contributed by atoms with van der Waals surface area (Å²) in [6, 6.07) is 13.7. The zero-order valence-electron chi connectivity index (χ0n) is 18.9.